The molecule has 4 nitrogen and oxygen atoms in total. The minimum Gasteiger partial charge on any atom is -0.514 e. The summed E-state index contributed by atoms with van der Waals surface area (Å²) in [5, 5.41) is 0.944. The molecule has 0 fully saturated rings. The second kappa shape index (κ2) is 9.30. The molecular formula is C18H26O4Si. The molecule has 0 saturated carbocycles. The first-order valence-corrected chi connectivity index (χ1v) is 9.57. The van der Waals surface area contributed by atoms with Crippen molar-refractivity contribution in [2.45, 2.75) is 45.6 Å². The number of esters is 1. The average Bonchev–Trinajstić information content (AvgIpc) is 2.50. The molecular weight excluding hydrogens is 308 g/mol. The summed E-state index contributed by atoms with van der Waals surface area (Å²) in [7, 11) is -1.98. The van der Waals surface area contributed by atoms with Gasteiger partial charge in [0.1, 0.15) is 0 Å². The van der Waals surface area contributed by atoms with Gasteiger partial charge in [0.25, 0.3) is 9.04 Å². The first-order chi connectivity index (χ1) is 10.8. The summed E-state index contributed by atoms with van der Waals surface area (Å²) in [6.45, 7) is 8.58. The van der Waals surface area contributed by atoms with Crippen LogP contribution in [0.15, 0.2) is 42.5 Å². The molecule has 1 unspecified atom stereocenters. The minimum atomic E-state index is -1.98. The molecule has 0 aliphatic heterocycles. The Hall–Kier alpha value is -1.88. The van der Waals surface area contributed by atoms with Crippen LogP contribution in [-0.2, 0) is 18.8 Å². The molecule has 0 aliphatic carbocycles. The molecule has 0 bridgehead atoms. The van der Waals surface area contributed by atoms with Crippen molar-refractivity contribution in [1.29, 1.82) is 0 Å². The number of ether oxygens (including phenoxy) is 1. The van der Waals surface area contributed by atoms with Gasteiger partial charge in [-0.15, -0.1) is 0 Å². The number of benzene rings is 1. The van der Waals surface area contributed by atoms with Crippen molar-refractivity contribution in [3.63, 3.8) is 0 Å². The predicted molar refractivity (Wildman–Crippen MR) is 94.0 cm³/mol. The second-order valence-electron chi connectivity index (χ2n) is 6.45. The van der Waals surface area contributed by atoms with E-state index in [0.29, 0.717) is 6.61 Å². The zero-order valence-electron chi connectivity index (χ0n) is 14.4. The molecule has 1 aromatic carbocycles. The molecule has 126 valence electrons. The zero-order valence-corrected chi connectivity index (χ0v) is 15.5. The smallest absolute Gasteiger partial charge is 0.331 e. The maximum Gasteiger partial charge on any atom is 0.331 e. The summed E-state index contributed by atoms with van der Waals surface area (Å²) >= 11 is 0. The van der Waals surface area contributed by atoms with Crippen LogP contribution in [0.4, 0.5) is 0 Å². The zero-order chi connectivity index (χ0) is 17.3. The normalized spacial score (nSPS) is 12.9. The quantitative estimate of drug-likeness (QED) is 0.333. The molecule has 5 heteroatoms. The lowest BCUT2D eigenvalue weighted by Crippen LogP contribution is -2.42. The van der Waals surface area contributed by atoms with Crippen LogP contribution < -0.4 is 5.19 Å². The molecule has 23 heavy (non-hydrogen) atoms. The Morgan fingerprint density at radius 3 is 2.26 bits per heavy atom. The van der Waals surface area contributed by atoms with Crippen LogP contribution in [0, 0.1) is 0 Å². The molecule has 1 atom stereocenters. The molecule has 0 spiro atoms. The summed E-state index contributed by atoms with van der Waals surface area (Å²) in [6, 6.07) is 9.79. The number of hydrogen-bond donors (Lipinski definition) is 0. The standard InChI is InChI=1S/C18H26O4Si/c1-5-6-14-21-16(19)12-13-17(20)22-23(18(2,3)4)15-10-8-7-9-11-15/h7-13,23H,5-6,14H2,1-4H3/b13-12+. The Balaban J connectivity index is 2.66. The number of rotatable bonds is 7. The van der Waals surface area contributed by atoms with Crippen LogP contribution >= 0.6 is 0 Å². The van der Waals surface area contributed by atoms with Crippen LogP contribution in [0.25, 0.3) is 0 Å². The van der Waals surface area contributed by atoms with E-state index in [1.807, 2.05) is 37.3 Å². The summed E-state index contributed by atoms with van der Waals surface area (Å²) in [6.07, 6.45) is 4.06. The van der Waals surface area contributed by atoms with Crippen molar-refractivity contribution in [3.8, 4) is 0 Å². The largest absolute Gasteiger partial charge is 0.514 e. The summed E-state index contributed by atoms with van der Waals surface area (Å²) in [4.78, 5) is 23.5. The van der Waals surface area contributed by atoms with Gasteiger partial charge < -0.3 is 9.16 Å². The van der Waals surface area contributed by atoms with Crippen LogP contribution in [0.3, 0.4) is 0 Å². The number of carbonyl (C=O) groups is 2. The van der Waals surface area contributed by atoms with Crippen molar-refractivity contribution in [1.82, 2.24) is 0 Å². The summed E-state index contributed by atoms with van der Waals surface area (Å²) in [5.74, 6) is -1.00. The SMILES string of the molecule is CCCCOC(=O)/C=C/C(=O)O[SiH](c1ccccc1)C(C)(C)C. The van der Waals surface area contributed by atoms with Crippen LogP contribution in [-0.4, -0.2) is 27.6 Å². The summed E-state index contributed by atoms with van der Waals surface area (Å²) in [5.41, 5.74) is 0. The molecule has 0 N–H and O–H groups in total. The van der Waals surface area contributed by atoms with Crippen molar-refractivity contribution in [2.24, 2.45) is 0 Å². The molecule has 0 radical (unpaired) electrons. The Morgan fingerprint density at radius 1 is 1.09 bits per heavy atom. The van der Waals surface area contributed by atoms with Crippen molar-refractivity contribution >= 4 is 26.2 Å². The Kier molecular flexibility index (Phi) is 7.75. The average molecular weight is 334 g/mol. The van der Waals surface area contributed by atoms with Crippen molar-refractivity contribution in [3.05, 3.63) is 42.5 Å². The monoisotopic (exact) mass is 334 g/mol. The number of carbonyl (C=O) groups excluding carboxylic acids is 2. The Morgan fingerprint density at radius 2 is 1.70 bits per heavy atom. The predicted octanol–water partition coefficient (Wildman–Crippen LogP) is 2.86. The van der Waals surface area contributed by atoms with Crippen LogP contribution in [0.5, 0.6) is 0 Å². The third-order valence-corrected chi connectivity index (χ3v) is 6.25. The van der Waals surface area contributed by atoms with E-state index in [1.54, 1.807) is 0 Å². The highest BCUT2D eigenvalue weighted by Gasteiger charge is 2.32. The van der Waals surface area contributed by atoms with Gasteiger partial charge in [-0.3, -0.25) is 0 Å². The minimum absolute atomic E-state index is 0.119. The van der Waals surface area contributed by atoms with Crippen molar-refractivity contribution in [2.75, 3.05) is 6.61 Å². The lowest BCUT2D eigenvalue weighted by atomic mass is 10.2. The fraction of sp³-hybridized carbons (Fsp3) is 0.444. The topological polar surface area (TPSA) is 52.6 Å². The van der Waals surface area contributed by atoms with Gasteiger partial charge in [0.15, 0.2) is 0 Å². The third kappa shape index (κ3) is 7.28. The molecule has 0 heterocycles. The van der Waals surface area contributed by atoms with Gasteiger partial charge in [-0.25, -0.2) is 9.59 Å². The van der Waals surface area contributed by atoms with Crippen LogP contribution in [0.2, 0.25) is 5.04 Å². The number of hydrogen-bond acceptors (Lipinski definition) is 4. The Bertz CT molecular complexity index is 532. The van der Waals surface area contributed by atoms with Gasteiger partial charge in [-0.2, -0.15) is 0 Å². The van der Waals surface area contributed by atoms with Crippen molar-refractivity contribution < 1.29 is 18.8 Å². The van der Waals surface area contributed by atoms with Gasteiger partial charge in [-0.1, -0.05) is 64.4 Å². The molecule has 0 aliphatic rings. The number of unbranched alkanes of at least 4 members (excludes halogenated alkanes) is 1. The highest BCUT2D eigenvalue weighted by molar-refractivity contribution is 6.71. The first kappa shape index (κ1) is 19.2. The highest BCUT2D eigenvalue weighted by Crippen LogP contribution is 2.27. The van der Waals surface area contributed by atoms with E-state index in [0.717, 1.165) is 30.2 Å². The highest BCUT2D eigenvalue weighted by atomic mass is 28.3. The van der Waals surface area contributed by atoms with E-state index < -0.39 is 21.0 Å². The maximum absolute atomic E-state index is 12.0. The van der Waals surface area contributed by atoms with Gasteiger partial charge in [0.05, 0.1) is 6.61 Å². The fourth-order valence-corrected chi connectivity index (χ4v) is 4.40. The lowest BCUT2D eigenvalue weighted by Gasteiger charge is -2.28. The summed E-state index contributed by atoms with van der Waals surface area (Å²) < 4.78 is 10.6. The second-order valence-corrected chi connectivity index (χ2v) is 9.84. The third-order valence-electron chi connectivity index (χ3n) is 3.22. The molecule has 0 amide bonds. The molecule has 0 aromatic heterocycles. The lowest BCUT2D eigenvalue weighted by molar-refractivity contribution is -0.138. The van der Waals surface area contributed by atoms with E-state index in [2.05, 4.69) is 20.8 Å². The first-order valence-electron chi connectivity index (χ1n) is 7.95. The van der Waals surface area contributed by atoms with E-state index in [9.17, 15) is 9.59 Å². The van der Waals surface area contributed by atoms with E-state index in [4.69, 9.17) is 9.16 Å². The molecule has 1 rings (SSSR count). The molecule has 1 aromatic rings. The van der Waals surface area contributed by atoms with Gasteiger partial charge in [-0.05, 0) is 16.6 Å². The fourth-order valence-electron chi connectivity index (χ4n) is 2.03. The van der Waals surface area contributed by atoms with Crippen LogP contribution in [0.1, 0.15) is 40.5 Å². The van der Waals surface area contributed by atoms with E-state index in [1.165, 1.54) is 0 Å². The van der Waals surface area contributed by atoms with E-state index in [-0.39, 0.29) is 5.04 Å². The van der Waals surface area contributed by atoms with Gasteiger partial charge >= 0.3 is 11.9 Å². The Labute approximate surface area is 140 Å². The van der Waals surface area contributed by atoms with Gasteiger partial charge in [0, 0.05) is 12.2 Å². The van der Waals surface area contributed by atoms with Gasteiger partial charge in [0.2, 0.25) is 0 Å². The van der Waals surface area contributed by atoms with E-state index >= 15 is 0 Å². The maximum atomic E-state index is 12.0. The molecule has 0 saturated heterocycles.